The Hall–Kier alpha value is -1.26. The summed E-state index contributed by atoms with van der Waals surface area (Å²) in [6, 6.07) is 6.18. The normalized spacial score (nSPS) is 22.7. The maximum absolute atomic E-state index is 6.20. The number of hydrogen-bond donors (Lipinski definition) is 0. The van der Waals surface area contributed by atoms with E-state index in [1.807, 2.05) is 12.1 Å². The Morgan fingerprint density at radius 3 is 2.38 bits per heavy atom. The summed E-state index contributed by atoms with van der Waals surface area (Å²) in [5, 5.41) is 0. The van der Waals surface area contributed by atoms with Crippen LogP contribution in [0.15, 0.2) is 24.3 Å². The largest absolute Gasteiger partial charge is 0.496 e. The predicted octanol–water partition coefficient (Wildman–Crippen LogP) is 3.66. The Labute approximate surface area is 127 Å². The summed E-state index contributed by atoms with van der Waals surface area (Å²) in [6.07, 6.45) is 4.24. The highest BCUT2D eigenvalue weighted by atomic mass is 16.7. The lowest BCUT2D eigenvalue weighted by Gasteiger charge is -2.32. The van der Waals surface area contributed by atoms with E-state index < -0.39 is 0 Å². The van der Waals surface area contributed by atoms with Gasteiger partial charge in [-0.05, 0) is 57.6 Å². The van der Waals surface area contributed by atoms with Crippen molar-refractivity contribution >= 4 is 12.6 Å². The second kappa shape index (κ2) is 4.89. The molecule has 1 aromatic rings. The molecule has 0 unspecified atom stereocenters. The Balaban J connectivity index is 1.98. The van der Waals surface area contributed by atoms with Gasteiger partial charge in [-0.15, -0.1) is 0 Å². The molecule has 3 nitrogen and oxygen atoms in total. The first kappa shape index (κ1) is 14.7. The Bertz CT molecular complexity index is 574. The Kier molecular flexibility index (Phi) is 3.42. The average Bonchev–Trinajstić information content (AvgIpc) is 2.66. The van der Waals surface area contributed by atoms with Crippen LogP contribution in [0.3, 0.4) is 0 Å². The highest BCUT2D eigenvalue weighted by Gasteiger charge is 2.52. The molecule has 1 fully saturated rings. The van der Waals surface area contributed by atoms with Gasteiger partial charge < -0.3 is 14.0 Å². The van der Waals surface area contributed by atoms with E-state index in [9.17, 15) is 0 Å². The van der Waals surface area contributed by atoms with Crippen LogP contribution in [-0.4, -0.2) is 25.4 Å². The molecule has 0 amide bonds. The Morgan fingerprint density at radius 1 is 1.10 bits per heavy atom. The third-order valence-corrected chi connectivity index (χ3v) is 4.93. The second-order valence-corrected chi connectivity index (χ2v) is 6.77. The van der Waals surface area contributed by atoms with Crippen molar-refractivity contribution in [3.63, 3.8) is 0 Å². The molecule has 0 spiro atoms. The van der Waals surface area contributed by atoms with E-state index in [1.54, 1.807) is 7.11 Å². The van der Waals surface area contributed by atoms with Gasteiger partial charge in [0, 0.05) is 5.56 Å². The molecular formula is C17H23BO3. The van der Waals surface area contributed by atoms with E-state index in [1.165, 1.54) is 11.1 Å². The van der Waals surface area contributed by atoms with Gasteiger partial charge in [0.25, 0.3) is 0 Å². The van der Waals surface area contributed by atoms with E-state index in [4.69, 9.17) is 14.0 Å². The molecule has 3 rings (SSSR count). The third-order valence-electron chi connectivity index (χ3n) is 4.93. The zero-order valence-electron chi connectivity index (χ0n) is 13.5. The molecule has 4 heteroatoms. The van der Waals surface area contributed by atoms with Crippen LogP contribution < -0.4 is 4.74 Å². The lowest BCUT2D eigenvalue weighted by atomic mass is 9.69. The highest BCUT2D eigenvalue weighted by Crippen LogP contribution is 2.43. The maximum atomic E-state index is 6.20. The Morgan fingerprint density at radius 2 is 1.76 bits per heavy atom. The molecule has 0 radical (unpaired) electrons. The minimum absolute atomic E-state index is 0.304. The van der Waals surface area contributed by atoms with Gasteiger partial charge in [0.1, 0.15) is 5.75 Å². The molecule has 0 atom stereocenters. The minimum Gasteiger partial charge on any atom is -0.496 e. The van der Waals surface area contributed by atoms with E-state index in [-0.39, 0.29) is 18.3 Å². The fourth-order valence-electron chi connectivity index (χ4n) is 2.96. The van der Waals surface area contributed by atoms with Gasteiger partial charge in [-0.3, -0.25) is 0 Å². The van der Waals surface area contributed by atoms with Gasteiger partial charge in [-0.25, -0.2) is 0 Å². The first-order valence-electron chi connectivity index (χ1n) is 7.58. The molecule has 0 saturated carbocycles. The van der Waals surface area contributed by atoms with Crippen molar-refractivity contribution in [1.29, 1.82) is 0 Å². The number of benzene rings is 1. The molecule has 0 N–H and O–H groups in total. The van der Waals surface area contributed by atoms with Crippen molar-refractivity contribution < 1.29 is 14.0 Å². The molecule has 21 heavy (non-hydrogen) atoms. The SMILES string of the molecule is COc1cccc2c1CCC=C2B1OC(C)(C)C(C)(C)O1. The van der Waals surface area contributed by atoms with Crippen molar-refractivity contribution in [2.24, 2.45) is 0 Å². The zero-order valence-corrected chi connectivity index (χ0v) is 13.5. The number of hydrogen-bond acceptors (Lipinski definition) is 3. The molecule has 1 aromatic carbocycles. The third kappa shape index (κ3) is 2.31. The summed E-state index contributed by atoms with van der Waals surface area (Å²) >= 11 is 0. The fourth-order valence-corrected chi connectivity index (χ4v) is 2.96. The highest BCUT2D eigenvalue weighted by molar-refractivity contribution is 6.69. The molecule has 0 bridgehead atoms. The summed E-state index contributed by atoms with van der Waals surface area (Å²) < 4.78 is 17.9. The first-order chi connectivity index (χ1) is 9.86. The average molecular weight is 286 g/mol. The quantitative estimate of drug-likeness (QED) is 0.777. The number of fused-ring (bicyclic) bond motifs is 1. The first-order valence-corrected chi connectivity index (χ1v) is 7.58. The summed E-state index contributed by atoms with van der Waals surface area (Å²) in [7, 11) is 1.42. The van der Waals surface area contributed by atoms with Gasteiger partial charge in [0.2, 0.25) is 0 Å². The van der Waals surface area contributed by atoms with Crippen LogP contribution in [0.1, 0.15) is 45.2 Å². The predicted molar refractivity (Wildman–Crippen MR) is 85.4 cm³/mol. The van der Waals surface area contributed by atoms with Crippen LogP contribution in [0.4, 0.5) is 0 Å². The molecule has 112 valence electrons. The number of methoxy groups -OCH3 is 1. The van der Waals surface area contributed by atoms with Crippen LogP contribution in [0.2, 0.25) is 0 Å². The van der Waals surface area contributed by atoms with Crippen LogP contribution in [0.25, 0.3) is 5.47 Å². The number of ether oxygens (including phenoxy) is 1. The fraction of sp³-hybridized carbons (Fsp3) is 0.529. The van der Waals surface area contributed by atoms with Gasteiger partial charge in [-0.2, -0.15) is 0 Å². The van der Waals surface area contributed by atoms with Crippen LogP contribution in [0.5, 0.6) is 5.75 Å². The van der Waals surface area contributed by atoms with Crippen molar-refractivity contribution in [1.82, 2.24) is 0 Å². The molecule has 1 saturated heterocycles. The summed E-state index contributed by atoms with van der Waals surface area (Å²) in [5.41, 5.74) is 2.96. The van der Waals surface area contributed by atoms with E-state index in [0.29, 0.717) is 0 Å². The smallest absolute Gasteiger partial charge is 0.495 e. The van der Waals surface area contributed by atoms with Gasteiger partial charge in [-0.1, -0.05) is 18.2 Å². The van der Waals surface area contributed by atoms with Crippen molar-refractivity contribution in [2.45, 2.75) is 51.7 Å². The van der Waals surface area contributed by atoms with Crippen molar-refractivity contribution in [3.05, 3.63) is 35.4 Å². The van der Waals surface area contributed by atoms with Crippen molar-refractivity contribution in [3.8, 4) is 5.75 Å². The lowest BCUT2D eigenvalue weighted by Crippen LogP contribution is -2.41. The van der Waals surface area contributed by atoms with E-state index in [0.717, 1.165) is 24.1 Å². The number of allylic oxidation sites excluding steroid dienone is 1. The standard InChI is InChI=1S/C17H23BO3/c1-16(2)17(3,4)21-18(20-16)14-10-6-9-13-12(14)8-7-11-15(13)19-5/h7-8,10-11H,6,9H2,1-5H3. The molecular weight excluding hydrogens is 263 g/mol. The van der Waals surface area contributed by atoms with Gasteiger partial charge in [0.15, 0.2) is 0 Å². The van der Waals surface area contributed by atoms with E-state index in [2.05, 4.69) is 39.8 Å². The summed E-state index contributed by atoms with van der Waals surface area (Å²) in [5.74, 6) is 0.953. The van der Waals surface area contributed by atoms with Crippen LogP contribution >= 0.6 is 0 Å². The molecule has 2 aliphatic rings. The molecule has 1 aliphatic heterocycles. The van der Waals surface area contributed by atoms with Crippen LogP contribution in [0, 0.1) is 0 Å². The molecule has 0 aromatic heterocycles. The maximum Gasteiger partial charge on any atom is 0.495 e. The van der Waals surface area contributed by atoms with E-state index >= 15 is 0 Å². The minimum atomic E-state index is -0.311. The van der Waals surface area contributed by atoms with Crippen molar-refractivity contribution in [2.75, 3.05) is 7.11 Å². The summed E-state index contributed by atoms with van der Waals surface area (Å²) in [4.78, 5) is 0. The zero-order chi connectivity index (χ0) is 15.3. The summed E-state index contributed by atoms with van der Waals surface area (Å²) in [6.45, 7) is 8.34. The molecule has 1 heterocycles. The van der Waals surface area contributed by atoms with Gasteiger partial charge in [0.05, 0.1) is 18.3 Å². The van der Waals surface area contributed by atoms with Crippen LogP contribution in [-0.2, 0) is 15.7 Å². The lowest BCUT2D eigenvalue weighted by molar-refractivity contribution is 0.00578. The van der Waals surface area contributed by atoms with Gasteiger partial charge >= 0.3 is 7.12 Å². The molecule has 1 aliphatic carbocycles. The number of rotatable bonds is 2. The second-order valence-electron chi connectivity index (χ2n) is 6.77. The monoisotopic (exact) mass is 286 g/mol. The topological polar surface area (TPSA) is 27.7 Å².